The number of rotatable bonds is 2. The maximum atomic E-state index is 13.4. The fraction of sp³-hybridized carbons (Fsp3) is 0.381. The number of benzene rings is 1. The Hall–Kier alpha value is -2.64. The van der Waals surface area contributed by atoms with E-state index in [1.165, 1.54) is 11.1 Å². The summed E-state index contributed by atoms with van der Waals surface area (Å²) in [5, 5.41) is 8.00. The minimum absolute atomic E-state index is 0. The summed E-state index contributed by atoms with van der Waals surface area (Å²) >= 11 is 0. The smallest absolute Gasteiger partial charge is 0.260 e. The molecule has 4 heterocycles. The number of carbonyl (C=O) groups is 1. The molecule has 2 aliphatic rings. The fourth-order valence-corrected chi connectivity index (χ4v) is 4.48. The quantitative estimate of drug-likeness (QED) is 0.675. The predicted molar refractivity (Wildman–Crippen MR) is 113 cm³/mol. The van der Waals surface area contributed by atoms with Gasteiger partial charge < -0.3 is 15.2 Å². The van der Waals surface area contributed by atoms with Crippen LogP contribution in [-0.4, -0.2) is 38.5 Å². The first-order valence-electron chi connectivity index (χ1n) is 9.81. The van der Waals surface area contributed by atoms with Crippen molar-refractivity contribution in [3.63, 3.8) is 0 Å². The Labute approximate surface area is 174 Å². The lowest BCUT2D eigenvalue weighted by atomic mass is 9.94. The summed E-state index contributed by atoms with van der Waals surface area (Å²) in [5.74, 6) is 0.186. The van der Waals surface area contributed by atoms with Crippen molar-refractivity contribution in [1.29, 1.82) is 0 Å². The minimum Gasteiger partial charge on any atom is -0.330 e. The molecule has 2 aliphatic heterocycles. The zero-order valence-electron chi connectivity index (χ0n) is 16.3. The Morgan fingerprint density at radius 3 is 2.45 bits per heavy atom. The van der Waals surface area contributed by atoms with Crippen LogP contribution < -0.4 is 10.9 Å². The van der Waals surface area contributed by atoms with Crippen LogP contribution in [0.4, 0.5) is 0 Å². The van der Waals surface area contributed by atoms with E-state index in [1.54, 1.807) is 10.6 Å². The number of hydrogen-bond donors (Lipinski definition) is 2. The molecule has 1 fully saturated rings. The summed E-state index contributed by atoms with van der Waals surface area (Å²) in [7, 11) is 0. The molecule has 3 aromatic rings. The summed E-state index contributed by atoms with van der Waals surface area (Å²) < 4.78 is 1.78. The molecule has 0 saturated carbocycles. The van der Waals surface area contributed by atoms with Crippen LogP contribution in [0.1, 0.15) is 51.6 Å². The van der Waals surface area contributed by atoms with Gasteiger partial charge in [-0.1, -0.05) is 24.3 Å². The molecular formula is C21H24ClN5O2. The third kappa shape index (κ3) is 3.34. The lowest BCUT2D eigenvalue weighted by Crippen LogP contribution is -2.29. The maximum Gasteiger partial charge on any atom is 0.260 e. The lowest BCUT2D eigenvalue weighted by Gasteiger charge is -2.23. The summed E-state index contributed by atoms with van der Waals surface area (Å²) in [6.07, 6.45) is 1.92. The monoisotopic (exact) mass is 413 g/mol. The highest BCUT2D eigenvalue weighted by atomic mass is 35.5. The number of nitrogens with zero attached hydrogens (tertiary/aromatic N) is 3. The van der Waals surface area contributed by atoms with Crippen molar-refractivity contribution in [2.24, 2.45) is 0 Å². The van der Waals surface area contributed by atoms with E-state index in [4.69, 9.17) is 0 Å². The molecular weight excluding hydrogens is 390 g/mol. The standard InChI is InChI=1S/C21H23N5O2.ClH/c1-13-19(21(28)25-11-15-4-2-3-5-16(15)12-25)20-23-18(27)10-17(26(20)24-13)14-6-8-22-9-7-14;/h2-5,10,14,22H,6-9,11-12H2,1H3,(H,23,27);1H. The Morgan fingerprint density at radius 1 is 1.14 bits per heavy atom. The Kier molecular flexibility index (Phi) is 5.19. The number of carbonyl (C=O) groups excluding carboxylic acids is 1. The van der Waals surface area contributed by atoms with E-state index >= 15 is 0 Å². The third-order valence-electron chi connectivity index (χ3n) is 5.92. The van der Waals surface area contributed by atoms with Gasteiger partial charge in [0.05, 0.1) is 11.4 Å². The van der Waals surface area contributed by atoms with Crippen molar-refractivity contribution >= 4 is 24.0 Å². The molecule has 1 amide bonds. The molecule has 0 aliphatic carbocycles. The maximum absolute atomic E-state index is 13.4. The molecule has 0 atom stereocenters. The number of piperidine rings is 1. The zero-order chi connectivity index (χ0) is 19.3. The first-order valence-corrected chi connectivity index (χ1v) is 9.81. The molecule has 0 radical (unpaired) electrons. The average Bonchev–Trinajstić information content (AvgIpc) is 3.28. The van der Waals surface area contributed by atoms with Crippen molar-refractivity contribution in [2.45, 2.75) is 38.8 Å². The van der Waals surface area contributed by atoms with Gasteiger partial charge in [-0.25, -0.2) is 4.52 Å². The van der Waals surface area contributed by atoms with E-state index in [-0.39, 0.29) is 29.8 Å². The zero-order valence-corrected chi connectivity index (χ0v) is 17.1. The Morgan fingerprint density at radius 2 is 1.79 bits per heavy atom. The van der Waals surface area contributed by atoms with Crippen LogP contribution in [0.25, 0.3) is 5.65 Å². The number of aromatic amines is 1. The number of amides is 1. The van der Waals surface area contributed by atoms with Gasteiger partial charge in [0.15, 0.2) is 0 Å². The van der Waals surface area contributed by atoms with Gasteiger partial charge in [-0.3, -0.25) is 9.59 Å². The average molecular weight is 414 g/mol. The molecule has 29 heavy (non-hydrogen) atoms. The number of nitrogens with one attached hydrogen (secondary N) is 2. The van der Waals surface area contributed by atoms with Crippen molar-refractivity contribution in [3.05, 3.63) is 68.8 Å². The Bertz CT molecular complexity index is 1100. The number of halogens is 1. The predicted octanol–water partition coefficient (Wildman–Crippen LogP) is 2.38. The van der Waals surface area contributed by atoms with Gasteiger partial charge in [0.2, 0.25) is 0 Å². The summed E-state index contributed by atoms with van der Waals surface area (Å²) in [6, 6.07) is 9.74. The number of aryl methyl sites for hydroxylation is 1. The Balaban J connectivity index is 0.00000205. The van der Waals surface area contributed by atoms with Gasteiger partial charge in [0, 0.05) is 25.1 Å². The third-order valence-corrected chi connectivity index (χ3v) is 5.92. The van der Waals surface area contributed by atoms with Crippen molar-refractivity contribution in [3.8, 4) is 0 Å². The summed E-state index contributed by atoms with van der Waals surface area (Å²) in [5.41, 5.74) is 4.73. The molecule has 8 heteroatoms. The van der Waals surface area contributed by atoms with Crippen LogP contribution >= 0.6 is 12.4 Å². The van der Waals surface area contributed by atoms with Crippen LogP contribution in [0.5, 0.6) is 0 Å². The van der Waals surface area contributed by atoms with Crippen LogP contribution in [0.15, 0.2) is 35.1 Å². The number of H-pyrrole nitrogens is 1. The molecule has 0 spiro atoms. The van der Waals surface area contributed by atoms with Gasteiger partial charge in [0.25, 0.3) is 11.5 Å². The molecule has 2 N–H and O–H groups in total. The van der Waals surface area contributed by atoms with Gasteiger partial charge in [-0.05, 0) is 44.0 Å². The normalized spacial score (nSPS) is 16.7. The molecule has 1 saturated heterocycles. The fourth-order valence-electron chi connectivity index (χ4n) is 4.48. The van der Waals surface area contributed by atoms with Gasteiger partial charge in [-0.2, -0.15) is 5.10 Å². The van der Waals surface area contributed by atoms with Crippen LogP contribution in [0.2, 0.25) is 0 Å². The molecule has 5 rings (SSSR count). The number of aromatic nitrogens is 3. The van der Waals surface area contributed by atoms with E-state index in [0.29, 0.717) is 30.0 Å². The van der Waals surface area contributed by atoms with E-state index < -0.39 is 0 Å². The van der Waals surface area contributed by atoms with E-state index in [9.17, 15) is 9.59 Å². The molecule has 1 aromatic carbocycles. The lowest BCUT2D eigenvalue weighted by molar-refractivity contribution is 0.0752. The van der Waals surface area contributed by atoms with Crippen molar-refractivity contribution in [2.75, 3.05) is 13.1 Å². The van der Waals surface area contributed by atoms with Crippen LogP contribution in [0.3, 0.4) is 0 Å². The van der Waals surface area contributed by atoms with Gasteiger partial charge >= 0.3 is 0 Å². The number of fused-ring (bicyclic) bond motifs is 2. The first-order chi connectivity index (χ1) is 13.6. The number of hydrogen-bond acceptors (Lipinski definition) is 4. The van der Waals surface area contributed by atoms with Gasteiger partial charge in [0.1, 0.15) is 11.2 Å². The SMILES string of the molecule is Cc1nn2c(C3CCNCC3)cc(=O)[nH]c2c1C(=O)N1Cc2ccccc2C1.Cl. The second kappa shape index (κ2) is 7.65. The van der Waals surface area contributed by atoms with E-state index in [1.807, 2.05) is 24.0 Å². The molecule has 7 nitrogen and oxygen atoms in total. The van der Waals surface area contributed by atoms with E-state index in [0.717, 1.165) is 31.6 Å². The summed E-state index contributed by atoms with van der Waals surface area (Å²) in [6.45, 7) is 4.87. The second-order valence-corrected chi connectivity index (χ2v) is 7.73. The van der Waals surface area contributed by atoms with Crippen LogP contribution in [-0.2, 0) is 13.1 Å². The highest BCUT2D eigenvalue weighted by Gasteiger charge is 2.29. The molecule has 0 bridgehead atoms. The van der Waals surface area contributed by atoms with Gasteiger partial charge in [-0.15, -0.1) is 12.4 Å². The first kappa shape index (κ1) is 19.7. The summed E-state index contributed by atoms with van der Waals surface area (Å²) in [4.78, 5) is 30.4. The second-order valence-electron chi connectivity index (χ2n) is 7.73. The van der Waals surface area contributed by atoms with Crippen LogP contribution in [0, 0.1) is 6.92 Å². The highest BCUT2D eigenvalue weighted by molar-refractivity contribution is 6.01. The van der Waals surface area contributed by atoms with E-state index in [2.05, 4.69) is 27.5 Å². The topological polar surface area (TPSA) is 82.5 Å². The van der Waals surface area contributed by atoms with Crippen molar-refractivity contribution < 1.29 is 4.79 Å². The molecule has 2 aromatic heterocycles. The minimum atomic E-state index is -0.181. The molecule has 152 valence electrons. The largest absolute Gasteiger partial charge is 0.330 e. The molecule has 0 unspecified atom stereocenters. The van der Waals surface area contributed by atoms with Crippen molar-refractivity contribution in [1.82, 2.24) is 24.8 Å². The highest BCUT2D eigenvalue weighted by Crippen LogP contribution is 2.28.